The molecule has 180 valence electrons. The van der Waals surface area contributed by atoms with E-state index in [0.29, 0.717) is 24.1 Å². The third-order valence-corrected chi connectivity index (χ3v) is 6.79. The van der Waals surface area contributed by atoms with Gasteiger partial charge in [0, 0.05) is 51.5 Å². The van der Waals surface area contributed by atoms with Crippen LogP contribution in [-0.4, -0.2) is 59.2 Å². The molecule has 0 unspecified atom stereocenters. The normalized spacial score (nSPS) is 14.5. The maximum Gasteiger partial charge on any atom is 0.317 e. The van der Waals surface area contributed by atoms with E-state index in [9.17, 15) is 14.4 Å². The first-order chi connectivity index (χ1) is 16.4. The molecule has 0 spiro atoms. The molecule has 34 heavy (non-hydrogen) atoms. The third kappa shape index (κ3) is 4.77. The highest BCUT2D eigenvalue weighted by Gasteiger charge is 2.19. The number of aromatic nitrogens is 2. The largest absolute Gasteiger partial charge is 0.369 e. The Morgan fingerprint density at radius 3 is 2.21 bits per heavy atom. The summed E-state index contributed by atoms with van der Waals surface area (Å²) in [5, 5.41) is 2.92. The minimum absolute atomic E-state index is 0.167. The zero-order chi connectivity index (χ0) is 24.2. The van der Waals surface area contributed by atoms with E-state index >= 15 is 0 Å². The van der Waals surface area contributed by atoms with Crippen molar-refractivity contribution in [2.45, 2.75) is 33.9 Å². The average molecular weight is 464 g/mol. The summed E-state index contributed by atoms with van der Waals surface area (Å²) < 4.78 is 2.73. The molecule has 1 fully saturated rings. The van der Waals surface area contributed by atoms with Crippen LogP contribution in [0.25, 0.3) is 11.0 Å². The van der Waals surface area contributed by atoms with E-state index < -0.39 is 11.1 Å². The summed E-state index contributed by atoms with van der Waals surface area (Å²) in [6, 6.07) is 13.6. The molecule has 2 aromatic carbocycles. The molecule has 1 aliphatic heterocycles. The topological polar surface area (TPSA) is 79.6 Å². The van der Waals surface area contributed by atoms with Crippen molar-refractivity contribution in [1.82, 2.24) is 19.4 Å². The second-order valence-corrected chi connectivity index (χ2v) is 8.83. The van der Waals surface area contributed by atoms with Crippen molar-refractivity contribution in [2.75, 3.05) is 44.2 Å². The van der Waals surface area contributed by atoms with Gasteiger partial charge in [-0.1, -0.05) is 24.3 Å². The van der Waals surface area contributed by atoms with Crippen molar-refractivity contribution in [3.63, 3.8) is 0 Å². The Morgan fingerprint density at radius 2 is 1.53 bits per heavy atom. The number of piperazine rings is 1. The molecule has 1 aliphatic rings. The van der Waals surface area contributed by atoms with Crippen LogP contribution in [0.1, 0.15) is 18.1 Å². The Bertz CT molecular complexity index is 1300. The minimum Gasteiger partial charge on any atom is -0.369 e. The van der Waals surface area contributed by atoms with Crippen molar-refractivity contribution < 1.29 is 4.79 Å². The van der Waals surface area contributed by atoms with Gasteiger partial charge in [-0.25, -0.2) is 0 Å². The number of nitrogens with one attached hydrogen (secondary N) is 1. The first-order valence-corrected chi connectivity index (χ1v) is 11.9. The van der Waals surface area contributed by atoms with Crippen LogP contribution in [0.3, 0.4) is 0 Å². The molecule has 0 atom stereocenters. The molecule has 1 aromatic heterocycles. The number of rotatable bonds is 7. The maximum absolute atomic E-state index is 12.6. The van der Waals surface area contributed by atoms with Gasteiger partial charge < -0.3 is 14.8 Å². The first kappa shape index (κ1) is 23.8. The second kappa shape index (κ2) is 10.3. The Labute approximate surface area is 199 Å². The number of amides is 1. The molecule has 0 saturated carbocycles. The number of carbonyl (C=O) groups excluding carboxylic acids is 1. The molecular weight excluding hydrogens is 430 g/mol. The predicted molar refractivity (Wildman–Crippen MR) is 136 cm³/mol. The summed E-state index contributed by atoms with van der Waals surface area (Å²) in [6.45, 7) is 11.4. The van der Waals surface area contributed by atoms with E-state index in [4.69, 9.17) is 0 Å². The number of aryl methyl sites for hydroxylation is 2. The lowest BCUT2D eigenvalue weighted by Gasteiger charge is -2.37. The van der Waals surface area contributed by atoms with E-state index in [2.05, 4.69) is 47.2 Å². The Morgan fingerprint density at radius 1 is 0.882 bits per heavy atom. The molecule has 8 heteroatoms. The number of fused-ring (bicyclic) bond motifs is 1. The highest BCUT2D eigenvalue weighted by atomic mass is 16.2. The molecular formula is C26H33N5O3. The summed E-state index contributed by atoms with van der Waals surface area (Å²) in [5.41, 5.74) is 3.92. The van der Waals surface area contributed by atoms with Gasteiger partial charge in [0.2, 0.25) is 5.91 Å². The summed E-state index contributed by atoms with van der Waals surface area (Å²) in [7, 11) is 0. The molecule has 4 rings (SSSR count). The Balaban J connectivity index is 1.33. The van der Waals surface area contributed by atoms with Crippen LogP contribution < -0.4 is 21.3 Å². The van der Waals surface area contributed by atoms with Crippen LogP contribution in [-0.2, 0) is 17.9 Å². The molecule has 1 N–H and O–H groups in total. The monoisotopic (exact) mass is 463 g/mol. The Hall–Kier alpha value is -3.39. The highest BCUT2D eigenvalue weighted by Crippen LogP contribution is 2.23. The minimum atomic E-state index is -0.668. The van der Waals surface area contributed by atoms with Gasteiger partial charge in [0.1, 0.15) is 6.54 Å². The van der Waals surface area contributed by atoms with Gasteiger partial charge in [0.05, 0.1) is 11.0 Å². The van der Waals surface area contributed by atoms with E-state index in [-0.39, 0.29) is 12.5 Å². The number of nitrogens with zero attached hydrogens (tertiary/aromatic N) is 4. The van der Waals surface area contributed by atoms with Gasteiger partial charge in [-0.15, -0.1) is 0 Å². The standard InChI is InChI=1S/C26H33N5O3/c1-4-30-22-9-5-6-10-23(22)31(26(34)25(30)33)18-24(32)27-12-13-28-14-16-29(17-15-28)21-11-7-8-19(2)20(21)3/h5-11H,4,12-18H2,1-3H3,(H,27,32). The fourth-order valence-electron chi connectivity index (χ4n) is 4.68. The van der Waals surface area contributed by atoms with Crippen LogP contribution in [0.2, 0.25) is 0 Å². The second-order valence-electron chi connectivity index (χ2n) is 8.83. The number of benzene rings is 2. The van der Waals surface area contributed by atoms with Gasteiger partial charge >= 0.3 is 11.1 Å². The van der Waals surface area contributed by atoms with Crippen molar-refractivity contribution in [3.8, 4) is 0 Å². The van der Waals surface area contributed by atoms with Gasteiger partial charge in [0.25, 0.3) is 0 Å². The van der Waals surface area contributed by atoms with Gasteiger partial charge in [-0.2, -0.15) is 0 Å². The van der Waals surface area contributed by atoms with Crippen LogP contribution >= 0.6 is 0 Å². The predicted octanol–water partition coefficient (Wildman–Crippen LogP) is 1.74. The molecule has 0 radical (unpaired) electrons. The van der Waals surface area contributed by atoms with E-state index in [1.54, 1.807) is 18.2 Å². The number of carbonyl (C=O) groups is 1. The van der Waals surface area contributed by atoms with Crippen LogP contribution in [0.4, 0.5) is 5.69 Å². The third-order valence-electron chi connectivity index (χ3n) is 6.79. The van der Waals surface area contributed by atoms with Crippen molar-refractivity contribution in [3.05, 3.63) is 74.3 Å². The summed E-state index contributed by atoms with van der Waals surface area (Å²) in [5.74, 6) is -0.269. The zero-order valence-electron chi connectivity index (χ0n) is 20.2. The molecule has 1 saturated heterocycles. The molecule has 1 amide bonds. The number of hydrogen-bond donors (Lipinski definition) is 1. The maximum atomic E-state index is 12.6. The molecule has 2 heterocycles. The van der Waals surface area contributed by atoms with Gasteiger partial charge in [-0.3, -0.25) is 23.9 Å². The fourth-order valence-corrected chi connectivity index (χ4v) is 4.68. The van der Waals surface area contributed by atoms with E-state index in [0.717, 1.165) is 32.7 Å². The van der Waals surface area contributed by atoms with Crippen molar-refractivity contribution in [1.29, 1.82) is 0 Å². The van der Waals surface area contributed by atoms with Crippen LogP contribution in [0.15, 0.2) is 52.1 Å². The molecule has 0 bridgehead atoms. The summed E-state index contributed by atoms with van der Waals surface area (Å²) in [6.07, 6.45) is 0. The smallest absolute Gasteiger partial charge is 0.317 e. The van der Waals surface area contributed by atoms with Crippen LogP contribution in [0, 0.1) is 13.8 Å². The molecule has 8 nitrogen and oxygen atoms in total. The van der Waals surface area contributed by atoms with Crippen molar-refractivity contribution in [2.24, 2.45) is 0 Å². The van der Waals surface area contributed by atoms with Gasteiger partial charge in [-0.05, 0) is 50.1 Å². The summed E-state index contributed by atoms with van der Waals surface area (Å²) >= 11 is 0. The van der Waals surface area contributed by atoms with E-state index in [1.165, 1.54) is 25.9 Å². The van der Waals surface area contributed by atoms with E-state index in [1.807, 2.05) is 13.0 Å². The van der Waals surface area contributed by atoms with Crippen LogP contribution in [0.5, 0.6) is 0 Å². The lowest BCUT2D eigenvalue weighted by atomic mass is 10.1. The molecule has 0 aliphatic carbocycles. The number of anilines is 1. The lowest BCUT2D eigenvalue weighted by molar-refractivity contribution is -0.121. The highest BCUT2D eigenvalue weighted by molar-refractivity contribution is 5.80. The lowest BCUT2D eigenvalue weighted by Crippen LogP contribution is -2.49. The number of para-hydroxylation sites is 2. The fraction of sp³-hybridized carbons (Fsp3) is 0.423. The Kier molecular flexibility index (Phi) is 7.17. The molecule has 3 aromatic rings. The average Bonchev–Trinajstić information content (AvgIpc) is 2.84. The van der Waals surface area contributed by atoms with Gasteiger partial charge in [0.15, 0.2) is 0 Å². The SMILES string of the molecule is CCn1c(=O)c(=O)n(CC(=O)NCCN2CCN(c3cccc(C)c3C)CC2)c2ccccc21. The summed E-state index contributed by atoms with van der Waals surface area (Å²) in [4.78, 5) is 42.5. The number of hydrogen-bond acceptors (Lipinski definition) is 5. The zero-order valence-corrected chi connectivity index (χ0v) is 20.2. The van der Waals surface area contributed by atoms with Crippen molar-refractivity contribution >= 4 is 22.6 Å². The quantitative estimate of drug-likeness (QED) is 0.540. The first-order valence-electron chi connectivity index (χ1n) is 11.9.